The first-order valence-corrected chi connectivity index (χ1v) is 10.2. The number of carboxylic acids is 2. The molecule has 0 fully saturated rings. The first-order chi connectivity index (χ1) is 15.2. The highest BCUT2D eigenvalue weighted by Gasteiger charge is 2.23. The average Bonchev–Trinajstić information content (AvgIpc) is 3.12. The molecule has 0 spiro atoms. The minimum Gasteiger partial charge on any atom is -0.477 e. The van der Waals surface area contributed by atoms with Crippen LogP contribution in [-0.4, -0.2) is 37.5 Å². The van der Waals surface area contributed by atoms with Gasteiger partial charge in [-0.3, -0.25) is 4.79 Å². The lowest BCUT2D eigenvalue weighted by atomic mass is 9.96. The van der Waals surface area contributed by atoms with Gasteiger partial charge in [-0.1, -0.05) is 62.0 Å². The number of hydrogen-bond acceptors (Lipinski definition) is 4. The van der Waals surface area contributed by atoms with Crippen LogP contribution < -0.4 is 0 Å². The summed E-state index contributed by atoms with van der Waals surface area (Å²) in [4.78, 5) is 39.7. The number of aryl methyl sites for hydroxylation is 1. The van der Waals surface area contributed by atoms with Gasteiger partial charge in [0.25, 0.3) is 5.78 Å². The van der Waals surface area contributed by atoms with Gasteiger partial charge in [-0.15, -0.1) is 0 Å². The Morgan fingerprint density at radius 3 is 2.25 bits per heavy atom. The number of Topliss-reactive ketones (excluding diaryl/α,β-unsaturated/α-hetero) is 1. The summed E-state index contributed by atoms with van der Waals surface area (Å²) in [6, 6.07) is 13.8. The molecule has 1 heterocycles. The monoisotopic (exact) mass is 432 g/mol. The Hall–Kier alpha value is -4.00. The molecule has 32 heavy (non-hydrogen) atoms. The van der Waals surface area contributed by atoms with E-state index in [0.717, 1.165) is 12.0 Å². The fourth-order valence-corrected chi connectivity index (χ4v) is 3.62. The van der Waals surface area contributed by atoms with E-state index in [-0.39, 0.29) is 11.3 Å². The fraction of sp³-hybridized carbons (Fsp3) is 0.200. The third-order valence-electron chi connectivity index (χ3n) is 5.10. The molecule has 7 nitrogen and oxygen atoms in total. The Morgan fingerprint density at radius 2 is 1.69 bits per heavy atom. The lowest BCUT2D eigenvalue weighted by Crippen LogP contribution is -2.14. The molecule has 164 valence electrons. The number of aliphatic carboxylic acids is 1. The SMILES string of the molecule is C=C(C)c1nc(CCC)n(Cc2ccc(-c3ccccc3C(=O)C(=O)O)cc2)c1C(=O)O. The normalized spacial score (nSPS) is 10.7. The largest absolute Gasteiger partial charge is 0.477 e. The van der Waals surface area contributed by atoms with Gasteiger partial charge in [0, 0.05) is 18.5 Å². The molecule has 0 radical (unpaired) electrons. The van der Waals surface area contributed by atoms with Crippen LogP contribution in [0.2, 0.25) is 0 Å². The molecule has 0 amide bonds. The number of imidazole rings is 1. The van der Waals surface area contributed by atoms with E-state index in [4.69, 9.17) is 5.11 Å². The number of carbonyl (C=O) groups excluding carboxylic acids is 1. The summed E-state index contributed by atoms with van der Waals surface area (Å²) < 4.78 is 1.70. The van der Waals surface area contributed by atoms with E-state index in [1.165, 1.54) is 6.07 Å². The van der Waals surface area contributed by atoms with Gasteiger partial charge in [-0.05, 0) is 35.6 Å². The van der Waals surface area contributed by atoms with Crippen LogP contribution in [0.15, 0.2) is 55.1 Å². The summed E-state index contributed by atoms with van der Waals surface area (Å²) in [6.45, 7) is 7.91. The number of allylic oxidation sites excluding steroid dienone is 1. The van der Waals surface area contributed by atoms with Crippen molar-refractivity contribution >= 4 is 23.3 Å². The van der Waals surface area contributed by atoms with Crippen LogP contribution in [-0.2, 0) is 17.8 Å². The summed E-state index contributed by atoms with van der Waals surface area (Å²) in [7, 11) is 0. The Kier molecular flexibility index (Phi) is 6.68. The molecular weight excluding hydrogens is 408 g/mol. The van der Waals surface area contributed by atoms with Crippen LogP contribution in [0.5, 0.6) is 0 Å². The molecule has 7 heteroatoms. The van der Waals surface area contributed by atoms with Crippen molar-refractivity contribution in [2.75, 3.05) is 0 Å². The summed E-state index contributed by atoms with van der Waals surface area (Å²) in [5, 5.41) is 18.9. The first-order valence-electron chi connectivity index (χ1n) is 10.2. The summed E-state index contributed by atoms with van der Waals surface area (Å²) >= 11 is 0. The second kappa shape index (κ2) is 9.43. The van der Waals surface area contributed by atoms with Crippen molar-refractivity contribution in [1.29, 1.82) is 0 Å². The maximum absolute atomic E-state index is 12.0. The number of carbonyl (C=O) groups is 3. The number of hydrogen-bond donors (Lipinski definition) is 2. The van der Waals surface area contributed by atoms with Crippen molar-refractivity contribution in [2.45, 2.75) is 33.2 Å². The molecule has 0 saturated heterocycles. The molecule has 0 aliphatic heterocycles. The lowest BCUT2D eigenvalue weighted by Gasteiger charge is -2.12. The summed E-state index contributed by atoms with van der Waals surface area (Å²) in [5.41, 5.74) is 3.28. The molecule has 0 bridgehead atoms. The van der Waals surface area contributed by atoms with E-state index in [1.54, 1.807) is 41.8 Å². The molecule has 0 aliphatic carbocycles. The zero-order chi connectivity index (χ0) is 23.4. The van der Waals surface area contributed by atoms with Crippen LogP contribution in [0, 0.1) is 0 Å². The second-order valence-corrected chi connectivity index (χ2v) is 7.52. The number of carboxylic acid groups (broad SMARTS) is 2. The number of aromatic carboxylic acids is 1. The molecular formula is C25H24N2O5. The summed E-state index contributed by atoms with van der Waals surface area (Å²) in [6.07, 6.45) is 1.45. The molecule has 2 N–H and O–H groups in total. The molecule has 0 saturated carbocycles. The highest BCUT2D eigenvalue weighted by molar-refractivity contribution is 6.41. The van der Waals surface area contributed by atoms with Crippen molar-refractivity contribution in [3.05, 3.63) is 83.4 Å². The van der Waals surface area contributed by atoms with E-state index in [1.807, 2.05) is 19.1 Å². The van der Waals surface area contributed by atoms with Crippen LogP contribution in [0.3, 0.4) is 0 Å². The third-order valence-corrected chi connectivity index (χ3v) is 5.10. The van der Waals surface area contributed by atoms with Gasteiger partial charge >= 0.3 is 11.9 Å². The molecule has 0 unspecified atom stereocenters. The smallest absolute Gasteiger partial charge is 0.377 e. The van der Waals surface area contributed by atoms with Gasteiger partial charge in [-0.25, -0.2) is 14.6 Å². The highest BCUT2D eigenvalue weighted by atomic mass is 16.4. The van der Waals surface area contributed by atoms with E-state index >= 15 is 0 Å². The van der Waals surface area contributed by atoms with Crippen LogP contribution >= 0.6 is 0 Å². The van der Waals surface area contributed by atoms with E-state index < -0.39 is 17.7 Å². The van der Waals surface area contributed by atoms with Gasteiger partial charge in [0.1, 0.15) is 5.82 Å². The van der Waals surface area contributed by atoms with Gasteiger partial charge < -0.3 is 14.8 Å². The van der Waals surface area contributed by atoms with Crippen molar-refractivity contribution in [3.63, 3.8) is 0 Å². The van der Waals surface area contributed by atoms with Crippen LogP contribution in [0.25, 0.3) is 16.7 Å². The van der Waals surface area contributed by atoms with Gasteiger partial charge in [0.05, 0.1) is 5.69 Å². The standard InChI is InChI=1S/C25H24N2O5/c1-4-7-20-26-21(15(2)3)22(24(29)30)27(20)14-16-10-12-17(13-11-16)18-8-5-6-9-19(18)23(28)25(31)32/h5-6,8-13H,2,4,7,14H2,1,3H3,(H,29,30)(H,31,32). The van der Waals surface area contributed by atoms with Crippen LogP contribution in [0.1, 0.15) is 58.2 Å². The lowest BCUT2D eigenvalue weighted by molar-refractivity contribution is -0.131. The number of benzene rings is 2. The summed E-state index contributed by atoms with van der Waals surface area (Å²) in [5.74, 6) is -2.85. The molecule has 2 aromatic carbocycles. The average molecular weight is 432 g/mol. The van der Waals surface area contributed by atoms with Crippen LogP contribution in [0.4, 0.5) is 0 Å². The Balaban J connectivity index is 1.99. The fourth-order valence-electron chi connectivity index (χ4n) is 3.62. The molecule has 0 atom stereocenters. The minimum absolute atomic E-state index is 0.113. The van der Waals surface area contributed by atoms with Gasteiger partial charge in [0.2, 0.25) is 0 Å². The molecule has 1 aromatic heterocycles. The van der Waals surface area contributed by atoms with Crippen molar-refractivity contribution in [3.8, 4) is 11.1 Å². The van der Waals surface area contributed by atoms with Gasteiger partial charge in [0.15, 0.2) is 5.69 Å². The maximum atomic E-state index is 12.0. The van der Waals surface area contributed by atoms with E-state index in [0.29, 0.717) is 41.2 Å². The molecule has 3 rings (SSSR count). The highest BCUT2D eigenvalue weighted by Crippen LogP contribution is 2.26. The Bertz CT molecular complexity index is 1210. The Labute approximate surface area is 185 Å². The predicted molar refractivity (Wildman–Crippen MR) is 121 cm³/mol. The zero-order valence-corrected chi connectivity index (χ0v) is 18.0. The molecule has 0 aliphatic rings. The zero-order valence-electron chi connectivity index (χ0n) is 18.0. The number of aromatic nitrogens is 2. The molecule has 3 aromatic rings. The number of rotatable bonds is 9. The maximum Gasteiger partial charge on any atom is 0.377 e. The quantitative estimate of drug-likeness (QED) is 0.379. The number of nitrogens with zero attached hydrogens (tertiary/aromatic N) is 2. The van der Waals surface area contributed by atoms with Gasteiger partial charge in [-0.2, -0.15) is 0 Å². The van der Waals surface area contributed by atoms with Crippen molar-refractivity contribution in [1.82, 2.24) is 9.55 Å². The predicted octanol–water partition coefficient (Wildman–Crippen LogP) is 4.55. The number of ketones is 1. The van der Waals surface area contributed by atoms with Crippen molar-refractivity contribution in [2.24, 2.45) is 0 Å². The topological polar surface area (TPSA) is 109 Å². The first kappa shape index (κ1) is 22.7. The minimum atomic E-state index is -1.51. The second-order valence-electron chi connectivity index (χ2n) is 7.52. The van der Waals surface area contributed by atoms with E-state index in [2.05, 4.69) is 11.6 Å². The Morgan fingerprint density at radius 1 is 1.03 bits per heavy atom. The van der Waals surface area contributed by atoms with Crippen molar-refractivity contribution < 1.29 is 24.6 Å². The third kappa shape index (κ3) is 4.51. The van der Waals surface area contributed by atoms with E-state index in [9.17, 15) is 19.5 Å².